The molecule has 0 aliphatic heterocycles. The summed E-state index contributed by atoms with van der Waals surface area (Å²) in [5.74, 6) is -1.96. The normalized spacial score (nSPS) is 10.8. The SMILES string of the molecule is COC(=O)c1c(-c2ccccc2)c2cc(Br)ccc2c(=O)n1Cc1ccc(C(=O)NCc2ccc(C(=O)O)cc2)cc1. The molecule has 0 unspecified atom stereocenters. The van der Waals surface area contributed by atoms with Crippen LogP contribution in [0.5, 0.6) is 0 Å². The average Bonchev–Trinajstić information content (AvgIpc) is 3.01. The minimum absolute atomic E-state index is 0.0763. The molecule has 210 valence electrons. The van der Waals surface area contributed by atoms with Crippen LogP contribution in [0, 0.1) is 0 Å². The van der Waals surface area contributed by atoms with Crippen LogP contribution in [0.25, 0.3) is 21.9 Å². The lowest BCUT2D eigenvalue weighted by Crippen LogP contribution is -2.28. The largest absolute Gasteiger partial charge is 0.478 e. The summed E-state index contributed by atoms with van der Waals surface area (Å²) in [7, 11) is 1.28. The van der Waals surface area contributed by atoms with Crippen molar-refractivity contribution >= 4 is 44.5 Å². The summed E-state index contributed by atoms with van der Waals surface area (Å²) in [6, 6.07) is 27.7. The van der Waals surface area contributed by atoms with Gasteiger partial charge in [0.2, 0.25) is 0 Å². The van der Waals surface area contributed by atoms with Gasteiger partial charge in [0.25, 0.3) is 11.5 Å². The minimum atomic E-state index is -1.01. The summed E-state index contributed by atoms with van der Waals surface area (Å²) in [4.78, 5) is 50.8. The molecule has 0 atom stereocenters. The quantitative estimate of drug-likeness (QED) is 0.208. The van der Waals surface area contributed by atoms with Gasteiger partial charge in [0.15, 0.2) is 0 Å². The molecule has 4 aromatic carbocycles. The minimum Gasteiger partial charge on any atom is -0.478 e. The molecule has 0 aliphatic rings. The Bertz CT molecular complexity index is 1860. The Morgan fingerprint density at radius 3 is 2.12 bits per heavy atom. The van der Waals surface area contributed by atoms with Crippen molar-refractivity contribution in [1.29, 1.82) is 0 Å². The lowest BCUT2D eigenvalue weighted by Gasteiger charge is -2.19. The molecule has 5 aromatic rings. The van der Waals surface area contributed by atoms with Crippen molar-refractivity contribution < 1.29 is 24.2 Å². The second-order valence-corrected chi connectivity index (χ2v) is 10.5. The first-order valence-electron chi connectivity index (χ1n) is 13.0. The smallest absolute Gasteiger partial charge is 0.355 e. The first kappa shape index (κ1) is 28.5. The molecule has 0 saturated carbocycles. The number of carbonyl (C=O) groups is 3. The van der Waals surface area contributed by atoms with E-state index in [0.717, 1.165) is 15.6 Å². The monoisotopic (exact) mass is 624 g/mol. The topological polar surface area (TPSA) is 115 Å². The van der Waals surface area contributed by atoms with Gasteiger partial charge in [-0.05, 0) is 64.5 Å². The number of hydrogen-bond acceptors (Lipinski definition) is 5. The summed E-state index contributed by atoms with van der Waals surface area (Å²) >= 11 is 3.49. The highest BCUT2D eigenvalue weighted by atomic mass is 79.9. The number of fused-ring (bicyclic) bond motifs is 1. The Morgan fingerprint density at radius 1 is 0.833 bits per heavy atom. The van der Waals surface area contributed by atoms with E-state index >= 15 is 0 Å². The Hall–Kier alpha value is -5.02. The van der Waals surface area contributed by atoms with Crippen molar-refractivity contribution in [2.75, 3.05) is 7.11 Å². The standard InChI is InChI=1S/C33H25BrN2O6/c1-42-33(41)29-28(22-5-3-2-4-6-22)27-17-25(34)15-16-26(27)31(38)36(29)19-21-9-11-23(12-10-21)30(37)35-18-20-7-13-24(14-8-20)32(39)40/h2-17H,18-19H2,1H3,(H,35,37)(H,39,40). The molecule has 0 aliphatic carbocycles. The lowest BCUT2D eigenvalue weighted by atomic mass is 9.96. The van der Waals surface area contributed by atoms with E-state index < -0.39 is 11.9 Å². The summed E-state index contributed by atoms with van der Waals surface area (Å²) < 4.78 is 7.34. The zero-order valence-corrected chi connectivity index (χ0v) is 24.1. The number of halogens is 1. The van der Waals surface area contributed by atoms with Crippen LogP contribution >= 0.6 is 15.9 Å². The Morgan fingerprint density at radius 2 is 1.48 bits per heavy atom. The number of methoxy groups -OCH3 is 1. The van der Waals surface area contributed by atoms with Gasteiger partial charge >= 0.3 is 11.9 Å². The average molecular weight is 625 g/mol. The van der Waals surface area contributed by atoms with Gasteiger partial charge in [-0.2, -0.15) is 0 Å². The first-order valence-corrected chi connectivity index (χ1v) is 13.8. The van der Waals surface area contributed by atoms with E-state index in [1.807, 2.05) is 36.4 Å². The van der Waals surface area contributed by atoms with Crippen molar-refractivity contribution in [2.24, 2.45) is 0 Å². The number of carboxylic acid groups (broad SMARTS) is 1. The number of carbonyl (C=O) groups excluding carboxylic acids is 2. The van der Waals surface area contributed by atoms with Gasteiger partial charge in [-0.1, -0.05) is 70.5 Å². The molecule has 0 bridgehead atoms. The summed E-state index contributed by atoms with van der Waals surface area (Å²) in [5, 5.41) is 12.9. The van der Waals surface area contributed by atoms with E-state index in [-0.39, 0.29) is 35.8 Å². The van der Waals surface area contributed by atoms with Gasteiger partial charge < -0.3 is 15.2 Å². The number of benzene rings is 4. The molecule has 8 nitrogen and oxygen atoms in total. The second-order valence-electron chi connectivity index (χ2n) is 9.54. The number of nitrogens with one attached hydrogen (secondary N) is 1. The predicted octanol–water partition coefficient (Wildman–Crippen LogP) is 5.89. The molecule has 0 saturated heterocycles. The van der Waals surface area contributed by atoms with Crippen LogP contribution in [-0.2, 0) is 17.8 Å². The van der Waals surface area contributed by atoms with Gasteiger partial charge in [-0.15, -0.1) is 0 Å². The fourth-order valence-electron chi connectivity index (χ4n) is 4.77. The number of esters is 1. The molecule has 1 heterocycles. The van der Waals surface area contributed by atoms with Gasteiger partial charge in [0.1, 0.15) is 5.69 Å². The molecule has 0 spiro atoms. The number of aromatic nitrogens is 1. The van der Waals surface area contributed by atoms with Crippen LogP contribution in [0.1, 0.15) is 42.3 Å². The number of rotatable bonds is 8. The number of carboxylic acids is 1. The number of hydrogen-bond donors (Lipinski definition) is 2. The van der Waals surface area contributed by atoms with E-state index in [0.29, 0.717) is 27.5 Å². The maximum atomic E-state index is 13.8. The van der Waals surface area contributed by atoms with E-state index in [1.54, 1.807) is 48.5 Å². The molecule has 2 N–H and O–H groups in total. The predicted molar refractivity (Wildman–Crippen MR) is 163 cm³/mol. The highest BCUT2D eigenvalue weighted by molar-refractivity contribution is 9.10. The third-order valence-electron chi connectivity index (χ3n) is 6.89. The van der Waals surface area contributed by atoms with Crippen LogP contribution < -0.4 is 10.9 Å². The Balaban J connectivity index is 1.47. The van der Waals surface area contributed by atoms with E-state index in [9.17, 15) is 19.2 Å². The molecule has 5 rings (SSSR count). The van der Waals surface area contributed by atoms with Crippen molar-refractivity contribution in [3.8, 4) is 11.1 Å². The lowest BCUT2D eigenvalue weighted by molar-refractivity contribution is 0.0587. The van der Waals surface area contributed by atoms with Gasteiger partial charge in [0, 0.05) is 27.5 Å². The molecule has 0 radical (unpaired) electrons. The maximum Gasteiger partial charge on any atom is 0.355 e. The third-order valence-corrected chi connectivity index (χ3v) is 7.38. The van der Waals surface area contributed by atoms with Crippen molar-refractivity contribution in [1.82, 2.24) is 9.88 Å². The van der Waals surface area contributed by atoms with Crippen molar-refractivity contribution in [2.45, 2.75) is 13.1 Å². The molecular weight excluding hydrogens is 600 g/mol. The van der Waals surface area contributed by atoms with E-state index in [2.05, 4.69) is 21.2 Å². The van der Waals surface area contributed by atoms with Crippen LogP contribution in [0.3, 0.4) is 0 Å². The molecular formula is C33H25BrN2O6. The van der Waals surface area contributed by atoms with Crippen molar-refractivity contribution in [3.63, 3.8) is 0 Å². The third kappa shape index (κ3) is 5.87. The number of nitrogens with zero attached hydrogens (tertiary/aromatic N) is 1. The summed E-state index contributed by atoms with van der Waals surface area (Å²) in [6.07, 6.45) is 0. The summed E-state index contributed by atoms with van der Waals surface area (Å²) in [6.45, 7) is 0.306. The number of amides is 1. The molecule has 1 aromatic heterocycles. The fourth-order valence-corrected chi connectivity index (χ4v) is 5.13. The van der Waals surface area contributed by atoms with Gasteiger partial charge in [-0.25, -0.2) is 9.59 Å². The van der Waals surface area contributed by atoms with E-state index in [1.165, 1.54) is 23.8 Å². The number of aromatic carboxylic acids is 1. The van der Waals surface area contributed by atoms with Crippen molar-refractivity contribution in [3.05, 3.63) is 140 Å². The molecule has 42 heavy (non-hydrogen) atoms. The van der Waals surface area contributed by atoms with E-state index in [4.69, 9.17) is 9.84 Å². The fraction of sp³-hybridized carbons (Fsp3) is 0.0909. The van der Waals surface area contributed by atoms with Crippen LogP contribution in [0.2, 0.25) is 0 Å². The summed E-state index contributed by atoms with van der Waals surface area (Å²) in [5.41, 5.74) is 3.20. The molecule has 1 amide bonds. The maximum absolute atomic E-state index is 13.8. The number of pyridine rings is 1. The highest BCUT2D eigenvalue weighted by Crippen LogP contribution is 2.33. The van der Waals surface area contributed by atoms with Crippen LogP contribution in [0.4, 0.5) is 0 Å². The highest BCUT2D eigenvalue weighted by Gasteiger charge is 2.24. The Kier molecular flexibility index (Phi) is 8.31. The molecule has 9 heteroatoms. The van der Waals surface area contributed by atoms with Gasteiger partial charge in [-0.3, -0.25) is 14.2 Å². The van der Waals surface area contributed by atoms with Gasteiger partial charge in [0.05, 0.1) is 19.2 Å². The zero-order valence-electron chi connectivity index (χ0n) is 22.5. The Labute approximate surface area is 249 Å². The second kappa shape index (κ2) is 12.2. The van der Waals surface area contributed by atoms with Crippen LogP contribution in [0.15, 0.2) is 106 Å². The molecule has 0 fully saturated rings. The van der Waals surface area contributed by atoms with Crippen LogP contribution in [-0.4, -0.2) is 34.6 Å². The zero-order chi connectivity index (χ0) is 29.8. The first-order chi connectivity index (χ1) is 20.3. The number of ether oxygens (including phenoxy) is 1.